The number of furan rings is 1. The summed E-state index contributed by atoms with van der Waals surface area (Å²) < 4.78 is 9.59. The highest BCUT2D eigenvalue weighted by atomic mass is 35.5. The van der Waals surface area contributed by atoms with Gasteiger partial charge in [0.1, 0.15) is 11.3 Å². The zero-order chi connectivity index (χ0) is 8.97. The van der Waals surface area contributed by atoms with Crippen LogP contribution in [0.2, 0.25) is 0 Å². The number of ether oxygens (including phenoxy) is 1. The lowest BCUT2D eigenvalue weighted by Crippen LogP contribution is -2.07. The van der Waals surface area contributed by atoms with Crippen molar-refractivity contribution in [2.45, 2.75) is 6.42 Å². The van der Waals surface area contributed by atoms with Crippen LogP contribution in [0, 0.1) is 0 Å². The van der Waals surface area contributed by atoms with Gasteiger partial charge in [-0.15, -0.1) is 12.4 Å². The molecule has 1 aromatic rings. The number of carbonyl (C=O) groups excluding carboxylic acids is 1. The second kappa shape index (κ2) is 5.61. The minimum atomic E-state index is -0.382. The molecule has 74 valence electrons. The summed E-state index contributed by atoms with van der Waals surface area (Å²) in [6, 6.07) is 1.58. The fourth-order valence-corrected chi connectivity index (χ4v) is 0.957. The van der Waals surface area contributed by atoms with Crippen molar-refractivity contribution in [1.29, 1.82) is 0 Å². The molecule has 0 unspecified atom stereocenters. The van der Waals surface area contributed by atoms with Crippen LogP contribution in [-0.4, -0.2) is 19.6 Å². The number of nitrogens with two attached hydrogens (primary N) is 1. The van der Waals surface area contributed by atoms with Crippen molar-refractivity contribution in [1.82, 2.24) is 0 Å². The van der Waals surface area contributed by atoms with Gasteiger partial charge in [-0.1, -0.05) is 0 Å². The summed E-state index contributed by atoms with van der Waals surface area (Å²) in [6.07, 6.45) is 2.01. The Kier molecular flexibility index (Phi) is 5.18. The van der Waals surface area contributed by atoms with E-state index in [0.717, 1.165) is 0 Å². The summed E-state index contributed by atoms with van der Waals surface area (Å²) in [5.74, 6) is 0.205. The maximum Gasteiger partial charge on any atom is 0.341 e. The van der Waals surface area contributed by atoms with E-state index in [4.69, 9.17) is 10.2 Å². The Bertz CT molecular complexity index is 272. The van der Waals surface area contributed by atoms with E-state index >= 15 is 0 Å². The molecule has 0 atom stereocenters. The monoisotopic (exact) mass is 205 g/mol. The molecule has 0 aromatic carbocycles. The number of rotatable bonds is 3. The normalized spacial score (nSPS) is 9.08. The molecule has 4 nitrogen and oxygen atoms in total. The van der Waals surface area contributed by atoms with Gasteiger partial charge in [0.2, 0.25) is 0 Å². The van der Waals surface area contributed by atoms with E-state index in [1.807, 2.05) is 0 Å². The van der Waals surface area contributed by atoms with Crippen molar-refractivity contribution in [3.05, 3.63) is 23.7 Å². The second-order valence-corrected chi connectivity index (χ2v) is 2.29. The van der Waals surface area contributed by atoms with E-state index in [2.05, 4.69) is 4.74 Å². The molecular formula is C8H12ClNO3. The Morgan fingerprint density at radius 2 is 2.38 bits per heavy atom. The average Bonchev–Trinajstić information content (AvgIpc) is 2.52. The number of esters is 1. The van der Waals surface area contributed by atoms with Crippen molar-refractivity contribution in [2.24, 2.45) is 5.73 Å². The largest absolute Gasteiger partial charge is 0.468 e. The fourth-order valence-electron chi connectivity index (χ4n) is 0.957. The molecule has 0 aliphatic heterocycles. The summed E-state index contributed by atoms with van der Waals surface area (Å²) in [7, 11) is 1.33. The molecule has 1 heterocycles. The van der Waals surface area contributed by atoms with Gasteiger partial charge < -0.3 is 14.9 Å². The first-order chi connectivity index (χ1) is 5.79. The van der Waals surface area contributed by atoms with Crippen molar-refractivity contribution in [3.63, 3.8) is 0 Å². The zero-order valence-electron chi connectivity index (χ0n) is 7.28. The molecule has 0 aliphatic carbocycles. The third-order valence-electron chi connectivity index (χ3n) is 1.52. The van der Waals surface area contributed by atoms with Crippen LogP contribution in [0.3, 0.4) is 0 Å². The number of hydrogen-bond acceptors (Lipinski definition) is 4. The molecule has 1 aromatic heterocycles. The minimum Gasteiger partial charge on any atom is -0.468 e. The summed E-state index contributed by atoms with van der Waals surface area (Å²) in [5, 5.41) is 0. The molecule has 0 amide bonds. The number of hydrogen-bond donors (Lipinski definition) is 1. The van der Waals surface area contributed by atoms with E-state index < -0.39 is 0 Å². The molecule has 0 bridgehead atoms. The predicted molar refractivity (Wildman–Crippen MR) is 50.1 cm³/mol. The Morgan fingerprint density at radius 3 is 2.92 bits per heavy atom. The van der Waals surface area contributed by atoms with E-state index in [9.17, 15) is 4.79 Å². The molecule has 0 radical (unpaired) electrons. The summed E-state index contributed by atoms with van der Waals surface area (Å²) in [5.41, 5.74) is 5.78. The average molecular weight is 206 g/mol. The van der Waals surface area contributed by atoms with Gasteiger partial charge in [-0.3, -0.25) is 0 Å². The van der Waals surface area contributed by atoms with Crippen LogP contribution in [-0.2, 0) is 11.2 Å². The molecule has 5 heteroatoms. The van der Waals surface area contributed by atoms with Gasteiger partial charge in [0.25, 0.3) is 0 Å². The Balaban J connectivity index is 0.00000144. The molecular weight excluding hydrogens is 194 g/mol. The fraction of sp³-hybridized carbons (Fsp3) is 0.375. The van der Waals surface area contributed by atoms with E-state index in [1.54, 1.807) is 6.07 Å². The topological polar surface area (TPSA) is 65.5 Å². The Labute approximate surface area is 82.5 Å². The van der Waals surface area contributed by atoms with Gasteiger partial charge in [-0.2, -0.15) is 0 Å². The molecule has 0 saturated heterocycles. The number of halogens is 1. The minimum absolute atomic E-state index is 0. The van der Waals surface area contributed by atoms with E-state index in [0.29, 0.717) is 24.3 Å². The molecule has 2 N–H and O–H groups in total. The second-order valence-electron chi connectivity index (χ2n) is 2.29. The Morgan fingerprint density at radius 1 is 1.69 bits per heavy atom. The first-order valence-corrected chi connectivity index (χ1v) is 3.64. The maximum absolute atomic E-state index is 11.0. The first kappa shape index (κ1) is 12.0. The van der Waals surface area contributed by atoms with Crippen LogP contribution in [0.25, 0.3) is 0 Å². The van der Waals surface area contributed by atoms with Crippen molar-refractivity contribution >= 4 is 18.4 Å². The summed E-state index contributed by atoms with van der Waals surface area (Å²) >= 11 is 0. The van der Waals surface area contributed by atoms with Crippen LogP contribution in [0.5, 0.6) is 0 Å². The lowest BCUT2D eigenvalue weighted by Gasteiger charge is -1.97. The molecule has 0 fully saturated rings. The van der Waals surface area contributed by atoms with Crippen LogP contribution < -0.4 is 5.73 Å². The van der Waals surface area contributed by atoms with Crippen molar-refractivity contribution in [2.75, 3.05) is 13.7 Å². The Hall–Kier alpha value is -1.00. The van der Waals surface area contributed by atoms with Gasteiger partial charge in [-0.25, -0.2) is 4.79 Å². The maximum atomic E-state index is 11.0. The first-order valence-electron chi connectivity index (χ1n) is 3.64. The lowest BCUT2D eigenvalue weighted by atomic mass is 10.2. The lowest BCUT2D eigenvalue weighted by molar-refractivity contribution is 0.0598. The molecule has 0 aliphatic rings. The highest BCUT2D eigenvalue weighted by molar-refractivity contribution is 5.90. The summed E-state index contributed by atoms with van der Waals surface area (Å²) in [4.78, 5) is 11.0. The van der Waals surface area contributed by atoms with Gasteiger partial charge in [0.05, 0.1) is 13.4 Å². The SMILES string of the molecule is COC(=O)c1ccoc1CCN.Cl. The zero-order valence-corrected chi connectivity index (χ0v) is 8.10. The molecule has 1 rings (SSSR count). The van der Waals surface area contributed by atoms with Gasteiger partial charge in [0.15, 0.2) is 0 Å². The van der Waals surface area contributed by atoms with E-state index in [1.165, 1.54) is 13.4 Å². The van der Waals surface area contributed by atoms with Gasteiger partial charge in [-0.05, 0) is 12.6 Å². The van der Waals surface area contributed by atoms with Crippen LogP contribution in [0.1, 0.15) is 16.1 Å². The smallest absolute Gasteiger partial charge is 0.341 e. The molecule has 13 heavy (non-hydrogen) atoms. The third-order valence-corrected chi connectivity index (χ3v) is 1.52. The molecule has 0 saturated carbocycles. The quantitative estimate of drug-likeness (QED) is 0.748. The predicted octanol–water partition coefficient (Wildman–Crippen LogP) is 0.989. The van der Waals surface area contributed by atoms with Gasteiger partial charge >= 0.3 is 5.97 Å². The highest BCUT2D eigenvalue weighted by Gasteiger charge is 2.13. The third kappa shape index (κ3) is 2.75. The van der Waals surface area contributed by atoms with Crippen LogP contribution >= 0.6 is 12.4 Å². The van der Waals surface area contributed by atoms with E-state index in [-0.39, 0.29) is 18.4 Å². The number of methoxy groups -OCH3 is 1. The van der Waals surface area contributed by atoms with Gasteiger partial charge in [0, 0.05) is 6.42 Å². The molecule has 0 spiro atoms. The summed E-state index contributed by atoms with van der Waals surface area (Å²) in [6.45, 7) is 0.456. The van der Waals surface area contributed by atoms with Crippen LogP contribution in [0.15, 0.2) is 16.7 Å². The number of carbonyl (C=O) groups is 1. The van der Waals surface area contributed by atoms with Crippen molar-refractivity contribution in [3.8, 4) is 0 Å². The van der Waals surface area contributed by atoms with Crippen LogP contribution in [0.4, 0.5) is 0 Å². The highest BCUT2D eigenvalue weighted by Crippen LogP contribution is 2.11. The van der Waals surface area contributed by atoms with Crippen molar-refractivity contribution < 1.29 is 13.9 Å². The standard InChI is InChI=1S/C8H11NO3.ClH/c1-11-8(10)6-3-5-12-7(6)2-4-9;/h3,5H,2,4,9H2,1H3;1H.